The maximum atomic E-state index is 13.2. The molecular formula is C11H12F4N2O. The highest BCUT2D eigenvalue weighted by Crippen LogP contribution is 2.24. The number of nitrogens with one attached hydrogen (secondary N) is 1. The summed E-state index contributed by atoms with van der Waals surface area (Å²) in [5.74, 6) is -7.19. The molecule has 3 N–H and O–H groups in total. The fourth-order valence-corrected chi connectivity index (χ4v) is 1.24. The van der Waals surface area contributed by atoms with Gasteiger partial charge in [0.1, 0.15) is 5.69 Å². The van der Waals surface area contributed by atoms with E-state index in [1.165, 1.54) is 0 Å². The number of nitrogens with two attached hydrogens (primary N) is 1. The van der Waals surface area contributed by atoms with Crippen LogP contribution in [0.4, 0.5) is 23.2 Å². The van der Waals surface area contributed by atoms with Crippen molar-refractivity contribution in [2.75, 3.05) is 5.32 Å². The Morgan fingerprint density at radius 2 is 1.78 bits per heavy atom. The maximum absolute atomic E-state index is 13.2. The van der Waals surface area contributed by atoms with Crippen LogP contribution < -0.4 is 11.1 Å². The zero-order valence-electron chi connectivity index (χ0n) is 9.57. The second kappa shape index (κ2) is 5.81. The lowest BCUT2D eigenvalue weighted by Gasteiger charge is -2.09. The molecule has 0 heterocycles. The van der Waals surface area contributed by atoms with Crippen molar-refractivity contribution in [1.29, 1.82) is 0 Å². The van der Waals surface area contributed by atoms with E-state index >= 15 is 0 Å². The summed E-state index contributed by atoms with van der Waals surface area (Å²) in [6.45, 7) is 1.65. The second-order valence-electron chi connectivity index (χ2n) is 3.91. The summed E-state index contributed by atoms with van der Waals surface area (Å²) in [4.78, 5) is 11.3. The molecule has 0 aliphatic heterocycles. The summed E-state index contributed by atoms with van der Waals surface area (Å²) in [6.07, 6.45) is 0.182. The monoisotopic (exact) mass is 264 g/mol. The van der Waals surface area contributed by atoms with E-state index in [1.807, 2.05) is 0 Å². The summed E-state index contributed by atoms with van der Waals surface area (Å²) in [7, 11) is 0. The molecule has 0 aliphatic carbocycles. The molecule has 100 valence electrons. The molecular weight excluding hydrogens is 252 g/mol. The normalized spacial score (nSPS) is 12.3. The van der Waals surface area contributed by atoms with Crippen molar-refractivity contribution >= 4 is 11.6 Å². The van der Waals surface area contributed by atoms with E-state index in [1.54, 1.807) is 12.2 Å². The number of amides is 1. The van der Waals surface area contributed by atoms with Crippen molar-refractivity contribution in [3.63, 3.8) is 0 Å². The van der Waals surface area contributed by atoms with Gasteiger partial charge in [0.2, 0.25) is 5.91 Å². The lowest BCUT2D eigenvalue weighted by molar-refractivity contribution is -0.116. The maximum Gasteiger partial charge on any atom is 0.224 e. The Morgan fingerprint density at radius 3 is 2.22 bits per heavy atom. The molecule has 0 radical (unpaired) electrons. The number of anilines is 1. The Hall–Kier alpha value is -1.63. The van der Waals surface area contributed by atoms with Gasteiger partial charge in [-0.05, 0) is 13.3 Å². The predicted molar refractivity (Wildman–Crippen MR) is 57.8 cm³/mol. The molecule has 1 aromatic carbocycles. The topological polar surface area (TPSA) is 55.1 Å². The minimum Gasteiger partial charge on any atom is -0.328 e. The van der Waals surface area contributed by atoms with Crippen LogP contribution in [-0.4, -0.2) is 11.9 Å². The van der Waals surface area contributed by atoms with E-state index in [4.69, 9.17) is 5.73 Å². The van der Waals surface area contributed by atoms with Gasteiger partial charge in [0.05, 0.1) is 0 Å². The van der Waals surface area contributed by atoms with Crippen LogP contribution in [0.5, 0.6) is 0 Å². The Labute approximate surface area is 101 Å². The molecule has 1 aromatic rings. The number of benzene rings is 1. The molecule has 18 heavy (non-hydrogen) atoms. The molecule has 0 aliphatic rings. The average molecular weight is 264 g/mol. The first kappa shape index (κ1) is 14.4. The molecule has 3 nitrogen and oxygen atoms in total. The van der Waals surface area contributed by atoms with Crippen molar-refractivity contribution < 1.29 is 22.4 Å². The lowest BCUT2D eigenvalue weighted by atomic mass is 10.2. The molecule has 0 fully saturated rings. The summed E-state index contributed by atoms with van der Waals surface area (Å²) in [5, 5.41) is 1.79. The molecule has 1 atom stereocenters. The highest BCUT2D eigenvalue weighted by molar-refractivity contribution is 5.91. The van der Waals surface area contributed by atoms with E-state index in [2.05, 4.69) is 0 Å². The number of halogens is 4. The Balaban J connectivity index is 2.87. The van der Waals surface area contributed by atoms with E-state index < -0.39 is 34.9 Å². The van der Waals surface area contributed by atoms with E-state index in [0.717, 1.165) is 0 Å². The molecule has 0 saturated heterocycles. The third kappa shape index (κ3) is 3.43. The SMILES string of the molecule is CC(N)CCC(=O)Nc1c(F)c(F)cc(F)c1F. The van der Waals surface area contributed by atoms with E-state index in [-0.39, 0.29) is 24.9 Å². The summed E-state index contributed by atoms with van der Waals surface area (Å²) < 4.78 is 52.0. The van der Waals surface area contributed by atoms with Crippen LogP contribution >= 0.6 is 0 Å². The second-order valence-corrected chi connectivity index (χ2v) is 3.91. The van der Waals surface area contributed by atoms with Crippen LogP contribution in [-0.2, 0) is 4.79 Å². The Kier molecular flexibility index (Phi) is 4.66. The first-order valence-electron chi connectivity index (χ1n) is 5.21. The van der Waals surface area contributed by atoms with Crippen molar-refractivity contribution in [2.24, 2.45) is 5.73 Å². The Bertz CT molecular complexity index is 437. The van der Waals surface area contributed by atoms with Crippen molar-refractivity contribution in [3.05, 3.63) is 29.3 Å². The molecule has 1 rings (SSSR count). The van der Waals surface area contributed by atoms with Gasteiger partial charge in [-0.2, -0.15) is 0 Å². The molecule has 0 saturated carbocycles. The van der Waals surface area contributed by atoms with Gasteiger partial charge in [0, 0.05) is 18.5 Å². The first-order valence-corrected chi connectivity index (χ1v) is 5.21. The van der Waals surface area contributed by atoms with Crippen molar-refractivity contribution in [1.82, 2.24) is 0 Å². The van der Waals surface area contributed by atoms with Crippen LogP contribution in [0.3, 0.4) is 0 Å². The minimum absolute atomic E-state index is 0.0717. The van der Waals surface area contributed by atoms with Gasteiger partial charge in [0.25, 0.3) is 0 Å². The lowest BCUT2D eigenvalue weighted by Crippen LogP contribution is -2.20. The number of rotatable bonds is 4. The summed E-state index contributed by atoms with van der Waals surface area (Å²) in [6, 6.07) is -0.197. The van der Waals surface area contributed by atoms with E-state index in [0.29, 0.717) is 0 Å². The number of hydrogen-bond acceptors (Lipinski definition) is 2. The zero-order chi connectivity index (χ0) is 13.9. The number of carbonyl (C=O) groups excluding carboxylic acids is 1. The molecule has 7 heteroatoms. The fourth-order valence-electron chi connectivity index (χ4n) is 1.24. The molecule has 1 unspecified atom stereocenters. The standard InChI is InChI=1S/C11H12F4N2O/c1-5(16)2-3-8(18)17-11-9(14)6(12)4-7(13)10(11)15/h4-5H,2-3,16H2,1H3,(H,17,18). The highest BCUT2D eigenvalue weighted by Gasteiger charge is 2.20. The number of hydrogen-bond donors (Lipinski definition) is 2. The summed E-state index contributed by atoms with van der Waals surface area (Å²) >= 11 is 0. The van der Waals surface area contributed by atoms with E-state index in [9.17, 15) is 22.4 Å². The molecule has 0 bridgehead atoms. The van der Waals surface area contributed by atoms with Crippen LogP contribution in [0.1, 0.15) is 19.8 Å². The molecule has 0 aromatic heterocycles. The number of carbonyl (C=O) groups is 1. The minimum atomic E-state index is -1.64. The quantitative estimate of drug-likeness (QED) is 0.647. The fraction of sp³-hybridized carbons (Fsp3) is 0.364. The third-order valence-electron chi connectivity index (χ3n) is 2.20. The summed E-state index contributed by atoms with van der Waals surface area (Å²) in [5.41, 5.74) is 4.27. The van der Waals surface area contributed by atoms with Crippen molar-refractivity contribution in [3.8, 4) is 0 Å². The van der Waals surface area contributed by atoms with Gasteiger partial charge < -0.3 is 11.1 Å². The average Bonchev–Trinajstić information content (AvgIpc) is 2.29. The van der Waals surface area contributed by atoms with Gasteiger partial charge in [0.15, 0.2) is 23.3 Å². The molecule has 0 spiro atoms. The van der Waals surface area contributed by atoms with Gasteiger partial charge in [-0.3, -0.25) is 4.79 Å². The van der Waals surface area contributed by atoms with Gasteiger partial charge >= 0.3 is 0 Å². The van der Waals surface area contributed by atoms with Crippen LogP contribution in [0.25, 0.3) is 0 Å². The largest absolute Gasteiger partial charge is 0.328 e. The van der Waals surface area contributed by atoms with Gasteiger partial charge in [-0.1, -0.05) is 0 Å². The highest BCUT2D eigenvalue weighted by atomic mass is 19.2. The van der Waals surface area contributed by atoms with Crippen LogP contribution in [0.15, 0.2) is 6.07 Å². The van der Waals surface area contributed by atoms with Gasteiger partial charge in [-0.25, -0.2) is 17.6 Å². The van der Waals surface area contributed by atoms with Crippen LogP contribution in [0.2, 0.25) is 0 Å². The third-order valence-corrected chi connectivity index (χ3v) is 2.20. The van der Waals surface area contributed by atoms with Gasteiger partial charge in [-0.15, -0.1) is 0 Å². The van der Waals surface area contributed by atoms with Crippen molar-refractivity contribution in [2.45, 2.75) is 25.8 Å². The Morgan fingerprint density at radius 1 is 1.28 bits per heavy atom. The first-order chi connectivity index (χ1) is 8.32. The smallest absolute Gasteiger partial charge is 0.224 e. The molecule has 1 amide bonds. The predicted octanol–water partition coefficient (Wildman–Crippen LogP) is 2.31. The van der Waals surface area contributed by atoms with Crippen LogP contribution in [0, 0.1) is 23.3 Å². The zero-order valence-corrected chi connectivity index (χ0v) is 9.57.